The molecule has 1 aromatic heterocycles. The maximum atomic E-state index is 13.9. The first-order valence-electron chi connectivity index (χ1n) is 5.27. The molecule has 0 saturated carbocycles. The Morgan fingerprint density at radius 2 is 1.84 bits per heavy atom. The summed E-state index contributed by atoms with van der Waals surface area (Å²) in [6.07, 6.45) is 1.34. The van der Waals surface area contributed by atoms with Crippen molar-refractivity contribution >= 4 is 21.7 Å². The second-order valence-corrected chi connectivity index (χ2v) is 4.34. The van der Waals surface area contributed by atoms with E-state index in [-0.39, 0.29) is 27.3 Å². The normalized spacial score (nSPS) is 10.3. The lowest BCUT2D eigenvalue weighted by Crippen LogP contribution is -2.05. The second kappa shape index (κ2) is 5.44. The lowest BCUT2D eigenvalue weighted by molar-refractivity contribution is 0.103. The Kier molecular flexibility index (Phi) is 3.90. The Labute approximate surface area is 117 Å². The van der Waals surface area contributed by atoms with Crippen molar-refractivity contribution in [3.63, 3.8) is 0 Å². The van der Waals surface area contributed by atoms with Gasteiger partial charge >= 0.3 is 0 Å². The smallest absolute Gasteiger partial charge is 0.200 e. The van der Waals surface area contributed by atoms with Gasteiger partial charge in [0, 0.05) is 6.07 Å². The van der Waals surface area contributed by atoms with Gasteiger partial charge in [0.05, 0.1) is 31.6 Å². The van der Waals surface area contributed by atoms with Crippen LogP contribution in [0.5, 0.6) is 11.5 Å². The number of carbonyl (C=O) groups excluding carboxylic acids is 1. The van der Waals surface area contributed by atoms with E-state index in [0.29, 0.717) is 0 Å². The molecule has 0 radical (unpaired) electrons. The molecule has 2 rings (SSSR count). The first-order valence-corrected chi connectivity index (χ1v) is 6.07. The molecule has 19 heavy (non-hydrogen) atoms. The van der Waals surface area contributed by atoms with E-state index in [4.69, 9.17) is 13.9 Å². The van der Waals surface area contributed by atoms with Crippen molar-refractivity contribution in [3.8, 4) is 11.5 Å². The van der Waals surface area contributed by atoms with E-state index in [1.165, 1.54) is 32.6 Å². The van der Waals surface area contributed by atoms with E-state index in [9.17, 15) is 9.18 Å². The van der Waals surface area contributed by atoms with Gasteiger partial charge in [-0.2, -0.15) is 0 Å². The molecular weight excluding hydrogens is 319 g/mol. The molecule has 1 heterocycles. The van der Waals surface area contributed by atoms with Crippen LogP contribution >= 0.6 is 15.9 Å². The largest absolute Gasteiger partial charge is 0.493 e. The van der Waals surface area contributed by atoms with Crippen LogP contribution in [0.25, 0.3) is 0 Å². The van der Waals surface area contributed by atoms with Gasteiger partial charge in [-0.05, 0) is 28.1 Å². The van der Waals surface area contributed by atoms with Crippen molar-refractivity contribution < 1.29 is 23.1 Å². The SMILES string of the molecule is COc1cc(F)c(C(=O)c2ccoc2Br)cc1OC. The van der Waals surface area contributed by atoms with E-state index < -0.39 is 11.6 Å². The third-order valence-electron chi connectivity index (χ3n) is 2.58. The highest BCUT2D eigenvalue weighted by atomic mass is 79.9. The molecule has 0 spiro atoms. The molecule has 0 unspecified atom stereocenters. The molecule has 0 bridgehead atoms. The number of halogens is 2. The van der Waals surface area contributed by atoms with E-state index in [1.807, 2.05) is 0 Å². The summed E-state index contributed by atoms with van der Waals surface area (Å²) in [5.41, 5.74) is 0.130. The topological polar surface area (TPSA) is 48.7 Å². The zero-order chi connectivity index (χ0) is 14.0. The quantitative estimate of drug-likeness (QED) is 0.807. The van der Waals surface area contributed by atoms with E-state index in [0.717, 1.165) is 6.07 Å². The van der Waals surface area contributed by atoms with E-state index in [2.05, 4.69) is 15.9 Å². The molecule has 6 heteroatoms. The fraction of sp³-hybridized carbons (Fsp3) is 0.154. The lowest BCUT2D eigenvalue weighted by Gasteiger charge is -2.10. The first-order chi connectivity index (χ1) is 9.08. The highest BCUT2D eigenvalue weighted by Gasteiger charge is 2.21. The zero-order valence-corrected chi connectivity index (χ0v) is 11.8. The number of furan rings is 1. The summed E-state index contributed by atoms with van der Waals surface area (Å²) in [6.45, 7) is 0. The third-order valence-corrected chi connectivity index (χ3v) is 3.19. The van der Waals surface area contributed by atoms with Crippen molar-refractivity contribution in [2.75, 3.05) is 14.2 Å². The van der Waals surface area contributed by atoms with Crippen LogP contribution in [0.15, 0.2) is 33.5 Å². The summed E-state index contributed by atoms with van der Waals surface area (Å²) in [4.78, 5) is 12.2. The number of rotatable bonds is 4. The Morgan fingerprint density at radius 1 is 1.21 bits per heavy atom. The molecule has 0 aliphatic heterocycles. The Balaban J connectivity index is 2.51. The molecule has 0 aliphatic rings. The summed E-state index contributed by atoms with van der Waals surface area (Å²) >= 11 is 3.09. The highest BCUT2D eigenvalue weighted by Crippen LogP contribution is 2.32. The summed E-state index contributed by atoms with van der Waals surface area (Å²) in [7, 11) is 2.81. The van der Waals surface area contributed by atoms with Gasteiger partial charge in [-0.15, -0.1) is 0 Å². The number of ether oxygens (including phenoxy) is 2. The van der Waals surface area contributed by atoms with Crippen LogP contribution in [0, 0.1) is 5.82 Å². The Morgan fingerprint density at radius 3 is 2.37 bits per heavy atom. The fourth-order valence-electron chi connectivity index (χ4n) is 1.63. The van der Waals surface area contributed by atoms with Crippen molar-refractivity contribution in [1.82, 2.24) is 0 Å². The molecule has 100 valence electrons. The average Bonchev–Trinajstić information content (AvgIpc) is 2.83. The Hall–Kier alpha value is -1.82. The molecular formula is C13H10BrFO4. The van der Waals surface area contributed by atoms with Gasteiger partial charge in [0.2, 0.25) is 5.78 Å². The van der Waals surface area contributed by atoms with E-state index >= 15 is 0 Å². The van der Waals surface area contributed by atoms with Gasteiger partial charge in [0.1, 0.15) is 5.82 Å². The van der Waals surface area contributed by atoms with Gasteiger partial charge in [-0.1, -0.05) is 0 Å². The van der Waals surface area contributed by atoms with Crippen LogP contribution in [0.3, 0.4) is 0 Å². The summed E-state index contributed by atoms with van der Waals surface area (Å²) < 4.78 is 29.2. The minimum atomic E-state index is -0.684. The van der Waals surface area contributed by atoms with Gasteiger partial charge in [-0.3, -0.25) is 4.79 Å². The van der Waals surface area contributed by atoms with Crippen LogP contribution in [0.2, 0.25) is 0 Å². The van der Waals surface area contributed by atoms with Gasteiger partial charge in [0.25, 0.3) is 0 Å². The molecule has 0 atom stereocenters. The van der Waals surface area contributed by atoms with Crippen LogP contribution in [-0.4, -0.2) is 20.0 Å². The minimum Gasteiger partial charge on any atom is -0.493 e. The van der Waals surface area contributed by atoms with Crippen molar-refractivity contribution in [2.45, 2.75) is 0 Å². The van der Waals surface area contributed by atoms with Crippen LogP contribution in [0.1, 0.15) is 15.9 Å². The molecule has 4 nitrogen and oxygen atoms in total. The summed E-state index contributed by atoms with van der Waals surface area (Å²) in [6, 6.07) is 3.87. The van der Waals surface area contributed by atoms with Gasteiger partial charge < -0.3 is 13.9 Å². The number of benzene rings is 1. The number of hydrogen-bond donors (Lipinski definition) is 0. The van der Waals surface area contributed by atoms with E-state index in [1.54, 1.807) is 0 Å². The van der Waals surface area contributed by atoms with Gasteiger partial charge in [-0.25, -0.2) is 4.39 Å². The fourth-order valence-corrected chi connectivity index (χ4v) is 2.05. The third kappa shape index (κ3) is 2.49. The monoisotopic (exact) mass is 328 g/mol. The standard InChI is InChI=1S/C13H10BrFO4/c1-17-10-5-8(9(15)6-11(10)18-2)12(16)7-3-4-19-13(7)14/h3-6H,1-2H3. The number of carbonyl (C=O) groups is 1. The second-order valence-electron chi connectivity index (χ2n) is 3.62. The van der Waals surface area contributed by atoms with Crippen molar-refractivity contribution in [2.24, 2.45) is 0 Å². The summed E-state index contributed by atoms with van der Waals surface area (Å²) in [5, 5.41) is 0. The lowest BCUT2D eigenvalue weighted by atomic mass is 10.0. The van der Waals surface area contributed by atoms with Crippen LogP contribution in [-0.2, 0) is 0 Å². The number of ketones is 1. The predicted octanol–water partition coefficient (Wildman–Crippen LogP) is 3.43. The van der Waals surface area contributed by atoms with Gasteiger partial charge in [0.15, 0.2) is 16.2 Å². The average molecular weight is 329 g/mol. The highest BCUT2D eigenvalue weighted by molar-refractivity contribution is 9.10. The summed E-state index contributed by atoms with van der Waals surface area (Å²) in [5.74, 6) is -0.676. The number of methoxy groups -OCH3 is 2. The van der Waals surface area contributed by atoms with Crippen LogP contribution in [0.4, 0.5) is 4.39 Å². The molecule has 0 N–H and O–H groups in total. The molecule has 0 aliphatic carbocycles. The molecule has 0 fully saturated rings. The zero-order valence-electron chi connectivity index (χ0n) is 10.2. The molecule has 2 aromatic rings. The maximum absolute atomic E-state index is 13.9. The predicted molar refractivity (Wildman–Crippen MR) is 69.3 cm³/mol. The van der Waals surface area contributed by atoms with Crippen molar-refractivity contribution in [3.05, 3.63) is 46.1 Å². The molecule has 0 amide bonds. The minimum absolute atomic E-state index is 0.111. The van der Waals surface area contributed by atoms with Crippen LogP contribution < -0.4 is 9.47 Å². The Bertz CT molecular complexity index is 621. The maximum Gasteiger partial charge on any atom is 0.200 e. The molecule has 0 saturated heterocycles. The number of hydrogen-bond acceptors (Lipinski definition) is 4. The first kappa shape index (κ1) is 13.6. The molecule has 1 aromatic carbocycles. The van der Waals surface area contributed by atoms with Crippen molar-refractivity contribution in [1.29, 1.82) is 0 Å².